The number of carbonyl (C=O) groups is 6. The first-order chi connectivity index (χ1) is 20.8. The molecule has 6 N–H and O–H groups in total. The van der Waals surface area contributed by atoms with Crippen LogP contribution < -0.4 is 31.5 Å². The number of amides is 4. The van der Waals surface area contributed by atoms with Crippen LogP contribution in [-0.4, -0.2) is 89.1 Å². The van der Waals surface area contributed by atoms with E-state index in [-0.39, 0.29) is 35.5 Å². The van der Waals surface area contributed by atoms with Crippen molar-refractivity contribution >= 4 is 76.5 Å². The molecule has 1 fully saturated rings. The standard InChI is InChI=1S/C23H26N10O9S2/c1-23(2,21(40)41)42-29-12(15-28-22(24)44-30-15)17(36)27-13-18(37)33-14(20(38)39)11(7-43-19(13)33)6-32-5-10(4-25-8-34)16(26-9-35)31(32)3/h5,8-9,13,19H,4,6-7H2,1-3H3,(H6,24,25,27,28,30,34,36,38,39,40,41)/b29-12+/t13-,19-/m1/s1. The number of carboxylic acids is 2. The largest absolute Gasteiger partial charge is 0.543 e. The summed E-state index contributed by atoms with van der Waals surface area (Å²) < 4.78 is 7.04. The van der Waals surface area contributed by atoms with Crippen LogP contribution in [0.1, 0.15) is 25.2 Å². The van der Waals surface area contributed by atoms with Gasteiger partial charge in [0.2, 0.25) is 36.2 Å². The summed E-state index contributed by atoms with van der Waals surface area (Å²) in [7, 11) is 1.61. The fourth-order valence-corrected chi connectivity index (χ4v) is 6.02. The topological polar surface area (TPSA) is 267 Å². The van der Waals surface area contributed by atoms with E-state index in [0.29, 0.717) is 29.8 Å². The van der Waals surface area contributed by atoms with Gasteiger partial charge in [0.15, 0.2) is 17.5 Å². The van der Waals surface area contributed by atoms with Gasteiger partial charge in [0.25, 0.3) is 11.8 Å². The number of oxime groups is 1. The monoisotopic (exact) mass is 650 g/mol. The van der Waals surface area contributed by atoms with Crippen LogP contribution in [0.25, 0.3) is 0 Å². The lowest BCUT2D eigenvalue weighted by Crippen LogP contribution is -2.71. The third-order valence-corrected chi connectivity index (χ3v) is 8.40. The van der Waals surface area contributed by atoms with Gasteiger partial charge < -0.3 is 41.5 Å². The number of fused-ring (bicyclic) bond motifs is 1. The van der Waals surface area contributed by atoms with E-state index < -0.39 is 46.5 Å². The molecule has 19 nitrogen and oxygen atoms in total. The number of nitrogens with two attached hydrogens (primary N) is 1. The van der Waals surface area contributed by atoms with Gasteiger partial charge in [-0.05, 0) is 13.8 Å². The van der Waals surface area contributed by atoms with Crippen molar-refractivity contribution in [1.82, 2.24) is 29.6 Å². The smallest absolute Gasteiger partial charge is 0.350 e. The molecule has 0 radical (unpaired) electrons. The molecule has 0 spiro atoms. The molecule has 4 rings (SSSR count). The lowest BCUT2D eigenvalue weighted by atomic mass is 10.0. The third-order valence-electron chi connectivity index (χ3n) is 6.52. The second-order valence-electron chi connectivity index (χ2n) is 9.79. The van der Waals surface area contributed by atoms with Crippen molar-refractivity contribution < 1.29 is 48.5 Å². The molecule has 4 heterocycles. The summed E-state index contributed by atoms with van der Waals surface area (Å²) in [5.74, 6) is -4.50. The maximum atomic E-state index is 13.2. The zero-order valence-corrected chi connectivity index (χ0v) is 24.9. The molecule has 2 aliphatic heterocycles. The van der Waals surface area contributed by atoms with Crippen LogP contribution in [0, 0.1) is 0 Å². The van der Waals surface area contributed by atoms with Crippen LogP contribution in [0.2, 0.25) is 0 Å². The summed E-state index contributed by atoms with van der Waals surface area (Å²) >= 11 is 1.92. The molecule has 2 aromatic rings. The molecule has 21 heteroatoms. The fourth-order valence-electron chi connectivity index (χ4n) is 4.25. The number of carboxylic acid groups (broad SMARTS) is 2. The summed E-state index contributed by atoms with van der Waals surface area (Å²) in [6.07, 6.45) is 2.55. The molecule has 2 aliphatic rings. The average Bonchev–Trinajstić information content (AvgIpc) is 3.52. The second kappa shape index (κ2) is 12.7. The highest BCUT2D eigenvalue weighted by atomic mass is 32.2. The first kappa shape index (κ1) is 31.9. The molecule has 0 aliphatic carbocycles. The molecular formula is C23H26N10O9S2. The molecule has 1 saturated heterocycles. The summed E-state index contributed by atoms with van der Waals surface area (Å²) in [4.78, 5) is 81.9. The van der Waals surface area contributed by atoms with E-state index in [9.17, 15) is 39.0 Å². The van der Waals surface area contributed by atoms with E-state index in [1.54, 1.807) is 22.6 Å². The predicted octanol–water partition coefficient (Wildman–Crippen LogP) is -3.75. The number of nitrogen functional groups attached to an aromatic ring is 1. The van der Waals surface area contributed by atoms with Crippen LogP contribution in [-0.2, 0) is 53.7 Å². The Morgan fingerprint density at radius 3 is 2.66 bits per heavy atom. The number of hydrogen-bond acceptors (Lipinski definition) is 14. The van der Waals surface area contributed by atoms with Gasteiger partial charge in [0, 0.05) is 22.9 Å². The Morgan fingerprint density at radius 1 is 1.34 bits per heavy atom. The molecule has 234 valence electrons. The number of nitrogens with one attached hydrogen (secondary N) is 3. The first-order valence-electron chi connectivity index (χ1n) is 12.5. The molecular weight excluding hydrogens is 624 g/mol. The van der Waals surface area contributed by atoms with Gasteiger partial charge in [0.05, 0.1) is 30.8 Å². The van der Waals surface area contributed by atoms with Crippen molar-refractivity contribution in [3.05, 3.63) is 28.9 Å². The molecule has 0 unspecified atom stereocenters. The molecule has 44 heavy (non-hydrogen) atoms. The van der Waals surface area contributed by atoms with E-state index >= 15 is 0 Å². The summed E-state index contributed by atoms with van der Waals surface area (Å²) in [6, 6.07) is -1.19. The number of thioether (sulfide) groups is 1. The zero-order valence-electron chi connectivity index (χ0n) is 23.3. The van der Waals surface area contributed by atoms with Crippen molar-refractivity contribution in [3.63, 3.8) is 0 Å². The van der Waals surface area contributed by atoms with Gasteiger partial charge in [-0.2, -0.15) is 9.36 Å². The quantitative estimate of drug-likeness (QED) is 0.0433. The second-order valence-corrected chi connectivity index (χ2v) is 11.7. The minimum Gasteiger partial charge on any atom is -0.543 e. The number of hydrogen-bond donors (Lipinski definition) is 5. The van der Waals surface area contributed by atoms with Crippen LogP contribution >= 0.6 is 23.3 Å². The van der Waals surface area contributed by atoms with E-state index in [1.165, 1.54) is 25.6 Å². The van der Waals surface area contributed by atoms with Crippen molar-refractivity contribution in [2.75, 3.05) is 16.8 Å². The van der Waals surface area contributed by atoms with Gasteiger partial charge >= 0.3 is 5.97 Å². The number of nitrogens with zero attached hydrogens (tertiary/aromatic N) is 6. The van der Waals surface area contributed by atoms with E-state index in [0.717, 1.165) is 16.4 Å². The normalized spacial score (nSPS) is 18.2. The van der Waals surface area contributed by atoms with Gasteiger partial charge in [0.1, 0.15) is 11.4 Å². The number of rotatable bonds is 14. The number of aromatic nitrogens is 4. The Bertz CT molecular complexity index is 1600. The van der Waals surface area contributed by atoms with Crippen LogP contribution in [0.3, 0.4) is 0 Å². The van der Waals surface area contributed by atoms with E-state index in [2.05, 4.69) is 30.5 Å². The van der Waals surface area contributed by atoms with Gasteiger partial charge in [-0.15, -0.1) is 21.1 Å². The van der Waals surface area contributed by atoms with Crippen LogP contribution in [0.15, 0.2) is 22.6 Å². The summed E-state index contributed by atoms with van der Waals surface area (Å²) in [6.45, 7) is 2.47. The maximum absolute atomic E-state index is 13.2. The van der Waals surface area contributed by atoms with E-state index in [1.807, 2.05) is 0 Å². The van der Waals surface area contributed by atoms with E-state index in [4.69, 9.17) is 10.6 Å². The Labute approximate surface area is 256 Å². The third kappa shape index (κ3) is 6.17. The summed E-state index contributed by atoms with van der Waals surface area (Å²) in [5.41, 5.74) is 3.73. The van der Waals surface area contributed by atoms with Crippen molar-refractivity contribution in [2.45, 2.75) is 44.0 Å². The maximum Gasteiger partial charge on any atom is 0.350 e. The summed E-state index contributed by atoms with van der Waals surface area (Å²) in [5, 5.41) is 31.9. The number of anilines is 2. The Kier molecular flexibility index (Phi) is 9.18. The highest BCUT2D eigenvalue weighted by Crippen LogP contribution is 2.40. The van der Waals surface area contributed by atoms with Crippen molar-refractivity contribution in [1.29, 1.82) is 0 Å². The minimum atomic E-state index is -1.83. The van der Waals surface area contributed by atoms with Gasteiger partial charge in [-0.25, -0.2) is 4.79 Å². The van der Waals surface area contributed by atoms with Crippen LogP contribution in [0.4, 0.5) is 10.9 Å². The molecule has 0 aromatic carbocycles. The molecule has 2 atom stereocenters. The highest BCUT2D eigenvalue weighted by Gasteiger charge is 2.53. The lowest BCUT2D eigenvalue weighted by Gasteiger charge is -2.50. The Morgan fingerprint density at radius 2 is 2.07 bits per heavy atom. The zero-order chi connectivity index (χ0) is 32.3. The molecule has 0 saturated carbocycles. The average molecular weight is 651 g/mol. The van der Waals surface area contributed by atoms with Crippen molar-refractivity contribution in [3.8, 4) is 0 Å². The Balaban J connectivity index is 1.57. The van der Waals surface area contributed by atoms with Gasteiger partial charge in [-0.3, -0.25) is 24.1 Å². The molecule has 0 bridgehead atoms. The number of β-lactam (4-membered cyclic amide) rings is 1. The van der Waals surface area contributed by atoms with Gasteiger partial charge in [-0.1, -0.05) is 5.16 Å². The van der Waals surface area contributed by atoms with Crippen LogP contribution in [0.5, 0.6) is 0 Å². The molecule has 4 amide bonds. The SMILES string of the molecule is Cn1c(NC=O)c(CNC=O)c[n+]1CC1=C(C(=O)[O-])N2C(=O)[C@@H](NC(=O)/C(=N/OC(C)(C)C(=O)O)c3nsc(N)n3)[C@H]2SC1. The number of carbonyl (C=O) groups excluding carboxylic acids is 5. The highest BCUT2D eigenvalue weighted by molar-refractivity contribution is 8.00. The lowest BCUT2D eigenvalue weighted by molar-refractivity contribution is -0.765. The van der Waals surface area contributed by atoms with Crippen molar-refractivity contribution in [2.24, 2.45) is 12.2 Å². The Hall–Kier alpha value is -5.05. The predicted molar refractivity (Wildman–Crippen MR) is 149 cm³/mol. The first-order valence-corrected chi connectivity index (χ1v) is 14.4. The fraction of sp³-hybridized carbons (Fsp3) is 0.391. The molecule has 2 aromatic heterocycles. The minimum absolute atomic E-state index is 0.0136. The number of aliphatic carboxylic acids is 2.